The van der Waals surface area contributed by atoms with E-state index in [1.807, 2.05) is 30.3 Å². The molecule has 140 valence electrons. The maximum Gasteiger partial charge on any atom is 0.338 e. The lowest BCUT2D eigenvalue weighted by Crippen LogP contribution is -2.45. The monoisotopic (exact) mass is 404 g/mol. The lowest BCUT2D eigenvalue weighted by Gasteiger charge is -2.28. The van der Waals surface area contributed by atoms with Crippen LogP contribution >= 0.6 is 23.2 Å². The molecule has 3 rings (SSSR count). The van der Waals surface area contributed by atoms with E-state index in [9.17, 15) is 9.59 Å². The standard InChI is InChI=1S/C20H18Cl2N2O3/c1-12-17(19(25)27-10-9-13-5-3-2-4-6-13)18(24-20(26)23-12)15-8-7-14(21)11-16(15)22/h2-8,11,18H,9-10H2,1H3,(H2,23,24,26)/t18-/m1/s1. The molecule has 0 aliphatic carbocycles. The summed E-state index contributed by atoms with van der Waals surface area (Å²) >= 11 is 12.2. The third-order valence-corrected chi connectivity index (χ3v) is 4.79. The fourth-order valence-electron chi connectivity index (χ4n) is 2.92. The van der Waals surface area contributed by atoms with Crippen LogP contribution in [-0.2, 0) is 16.0 Å². The molecular weight excluding hydrogens is 387 g/mol. The molecular formula is C20H18Cl2N2O3. The Hall–Kier alpha value is -2.50. The van der Waals surface area contributed by atoms with E-state index in [4.69, 9.17) is 27.9 Å². The summed E-state index contributed by atoms with van der Waals surface area (Å²) in [6.07, 6.45) is 0.602. The summed E-state index contributed by atoms with van der Waals surface area (Å²) in [6.45, 7) is 1.89. The molecule has 1 aliphatic heterocycles. The Labute approximate surface area is 167 Å². The molecule has 0 fully saturated rings. The molecule has 2 aromatic carbocycles. The first-order valence-corrected chi connectivity index (χ1v) is 9.15. The van der Waals surface area contributed by atoms with Crippen LogP contribution in [-0.4, -0.2) is 18.6 Å². The molecule has 0 radical (unpaired) electrons. The van der Waals surface area contributed by atoms with Gasteiger partial charge in [-0.05, 0) is 30.2 Å². The molecule has 0 saturated heterocycles. The van der Waals surface area contributed by atoms with E-state index in [0.29, 0.717) is 33.3 Å². The van der Waals surface area contributed by atoms with Crippen molar-refractivity contribution in [1.29, 1.82) is 0 Å². The maximum atomic E-state index is 12.7. The SMILES string of the molecule is CC1=C(C(=O)OCCc2ccccc2)[C@@H](c2ccc(Cl)cc2Cl)NC(=O)N1. The van der Waals surface area contributed by atoms with Crippen molar-refractivity contribution in [2.45, 2.75) is 19.4 Å². The van der Waals surface area contributed by atoms with Gasteiger partial charge in [0.25, 0.3) is 0 Å². The van der Waals surface area contributed by atoms with E-state index in [2.05, 4.69) is 10.6 Å². The number of ether oxygens (including phenoxy) is 1. The number of benzene rings is 2. The molecule has 0 saturated carbocycles. The second-order valence-electron chi connectivity index (χ2n) is 6.11. The number of urea groups is 1. The van der Waals surface area contributed by atoms with Gasteiger partial charge in [-0.15, -0.1) is 0 Å². The van der Waals surface area contributed by atoms with Crippen LogP contribution < -0.4 is 10.6 Å². The third kappa shape index (κ3) is 4.62. The lowest BCUT2D eigenvalue weighted by atomic mass is 9.95. The average Bonchev–Trinajstić information content (AvgIpc) is 2.62. The fourth-order valence-corrected chi connectivity index (χ4v) is 3.43. The first kappa shape index (κ1) is 19.3. The summed E-state index contributed by atoms with van der Waals surface area (Å²) in [5.41, 5.74) is 2.39. The summed E-state index contributed by atoms with van der Waals surface area (Å²) in [5.74, 6) is -0.507. The topological polar surface area (TPSA) is 67.4 Å². The van der Waals surface area contributed by atoms with Crippen molar-refractivity contribution >= 4 is 35.2 Å². The number of halogens is 2. The minimum atomic E-state index is -0.715. The molecule has 1 atom stereocenters. The maximum absolute atomic E-state index is 12.7. The zero-order valence-electron chi connectivity index (χ0n) is 14.6. The van der Waals surface area contributed by atoms with E-state index in [1.54, 1.807) is 25.1 Å². The number of rotatable bonds is 5. The average molecular weight is 405 g/mol. The van der Waals surface area contributed by atoms with Gasteiger partial charge < -0.3 is 15.4 Å². The van der Waals surface area contributed by atoms with Crippen molar-refractivity contribution in [2.75, 3.05) is 6.61 Å². The Morgan fingerprint density at radius 2 is 1.89 bits per heavy atom. The van der Waals surface area contributed by atoms with Gasteiger partial charge in [0.15, 0.2) is 0 Å². The number of carbonyl (C=O) groups is 2. The first-order valence-electron chi connectivity index (χ1n) is 8.40. The molecule has 2 aromatic rings. The van der Waals surface area contributed by atoms with Crippen molar-refractivity contribution in [3.05, 3.63) is 81.0 Å². The Morgan fingerprint density at radius 3 is 2.59 bits per heavy atom. The molecule has 7 heteroatoms. The Kier molecular flexibility index (Phi) is 6.04. The van der Waals surface area contributed by atoms with Crippen LogP contribution in [0, 0.1) is 0 Å². The summed E-state index contributed by atoms with van der Waals surface area (Å²) in [4.78, 5) is 24.7. The molecule has 5 nitrogen and oxygen atoms in total. The highest BCUT2D eigenvalue weighted by molar-refractivity contribution is 6.35. The Morgan fingerprint density at radius 1 is 1.15 bits per heavy atom. The zero-order valence-corrected chi connectivity index (χ0v) is 16.1. The molecule has 0 spiro atoms. The smallest absolute Gasteiger partial charge is 0.338 e. The van der Waals surface area contributed by atoms with Crippen molar-refractivity contribution < 1.29 is 14.3 Å². The van der Waals surface area contributed by atoms with Gasteiger partial charge in [0.05, 0.1) is 18.2 Å². The van der Waals surface area contributed by atoms with Gasteiger partial charge >= 0.3 is 12.0 Å². The summed E-state index contributed by atoms with van der Waals surface area (Å²) in [5, 5.41) is 6.16. The predicted octanol–water partition coefficient (Wildman–Crippen LogP) is 4.41. The van der Waals surface area contributed by atoms with Gasteiger partial charge in [-0.1, -0.05) is 59.6 Å². The molecule has 0 unspecified atom stereocenters. The second-order valence-corrected chi connectivity index (χ2v) is 6.95. The van der Waals surface area contributed by atoms with E-state index >= 15 is 0 Å². The van der Waals surface area contributed by atoms with E-state index in [-0.39, 0.29) is 6.61 Å². The van der Waals surface area contributed by atoms with E-state index in [0.717, 1.165) is 5.56 Å². The van der Waals surface area contributed by atoms with Crippen molar-refractivity contribution in [1.82, 2.24) is 10.6 Å². The van der Waals surface area contributed by atoms with Crippen LogP contribution in [0.4, 0.5) is 4.79 Å². The predicted molar refractivity (Wildman–Crippen MR) is 105 cm³/mol. The number of allylic oxidation sites excluding steroid dienone is 1. The van der Waals surface area contributed by atoms with Crippen molar-refractivity contribution in [2.24, 2.45) is 0 Å². The number of hydrogen-bond acceptors (Lipinski definition) is 3. The van der Waals surface area contributed by atoms with Crippen LogP contribution in [0.5, 0.6) is 0 Å². The fraction of sp³-hybridized carbons (Fsp3) is 0.200. The van der Waals surface area contributed by atoms with Gasteiger partial charge in [-0.3, -0.25) is 0 Å². The first-order chi connectivity index (χ1) is 13.0. The largest absolute Gasteiger partial charge is 0.462 e. The van der Waals surface area contributed by atoms with Crippen LogP contribution in [0.3, 0.4) is 0 Å². The molecule has 2 amide bonds. The highest BCUT2D eigenvalue weighted by Crippen LogP contribution is 2.33. The highest BCUT2D eigenvalue weighted by atomic mass is 35.5. The minimum Gasteiger partial charge on any atom is -0.462 e. The van der Waals surface area contributed by atoms with Gasteiger partial charge in [-0.2, -0.15) is 0 Å². The molecule has 27 heavy (non-hydrogen) atoms. The number of nitrogens with one attached hydrogen (secondary N) is 2. The molecule has 1 aliphatic rings. The van der Waals surface area contributed by atoms with Crippen LogP contribution in [0.25, 0.3) is 0 Å². The molecule has 2 N–H and O–H groups in total. The molecule has 0 bridgehead atoms. The highest BCUT2D eigenvalue weighted by Gasteiger charge is 2.33. The number of amides is 2. The van der Waals surface area contributed by atoms with Gasteiger partial charge in [0.2, 0.25) is 0 Å². The Balaban J connectivity index is 1.80. The summed E-state index contributed by atoms with van der Waals surface area (Å²) < 4.78 is 5.45. The summed E-state index contributed by atoms with van der Waals surface area (Å²) in [6, 6.07) is 13.5. The number of carbonyl (C=O) groups excluding carboxylic acids is 2. The summed E-state index contributed by atoms with van der Waals surface area (Å²) in [7, 11) is 0. The lowest BCUT2D eigenvalue weighted by molar-refractivity contribution is -0.139. The minimum absolute atomic E-state index is 0.231. The van der Waals surface area contributed by atoms with E-state index in [1.165, 1.54) is 0 Å². The number of esters is 1. The normalized spacial score (nSPS) is 16.6. The Bertz CT molecular complexity index is 897. The van der Waals surface area contributed by atoms with E-state index < -0.39 is 18.0 Å². The van der Waals surface area contributed by atoms with Crippen LogP contribution in [0.2, 0.25) is 10.0 Å². The zero-order chi connectivity index (χ0) is 19.4. The van der Waals surface area contributed by atoms with Crippen molar-refractivity contribution in [3.63, 3.8) is 0 Å². The van der Waals surface area contributed by atoms with Gasteiger partial charge in [-0.25, -0.2) is 9.59 Å². The second kappa shape index (κ2) is 8.46. The molecule has 1 heterocycles. The van der Waals surface area contributed by atoms with Crippen LogP contribution in [0.1, 0.15) is 24.1 Å². The van der Waals surface area contributed by atoms with Crippen molar-refractivity contribution in [3.8, 4) is 0 Å². The third-order valence-electron chi connectivity index (χ3n) is 4.23. The van der Waals surface area contributed by atoms with Gasteiger partial charge in [0.1, 0.15) is 0 Å². The quantitative estimate of drug-likeness (QED) is 0.725. The van der Waals surface area contributed by atoms with Gasteiger partial charge in [0, 0.05) is 22.2 Å². The van der Waals surface area contributed by atoms with Crippen LogP contribution in [0.15, 0.2) is 59.8 Å². The molecule has 0 aromatic heterocycles. The number of hydrogen-bond donors (Lipinski definition) is 2.